The van der Waals surface area contributed by atoms with E-state index in [2.05, 4.69) is 10.2 Å². The van der Waals surface area contributed by atoms with Gasteiger partial charge in [0.25, 0.3) is 5.56 Å². The highest BCUT2D eigenvalue weighted by Gasteiger charge is 2.19. The number of halogens is 2. The minimum Gasteiger partial charge on any atom is -0.275 e. The van der Waals surface area contributed by atoms with Gasteiger partial charge in [-0.3, -0.25) is 13.8 Å². The van der Waals surface area contributed by atoms with E-state index in [0.717, 1.165) is 5.52 Å². The Kier molecular flexibility index (Phi) is 4.96. The molecule has 0 aliphatic rings. The number of hydrogen-bond donors (Lipinski definition) is 0. The van der Waals surface area contributed by atoms with Gasteiger partial charge < -0.3 is 0 Å². The van der Waals surface area contributed by atoms with Crippen molar-refractivity contribution in [1.82, 2.24) is 19.2 Å². The smallest absolute Gasteiger partial charge is 0.272 e. The van der Waals surface area contributed by atoms with Crippen LogP contribution in [-0.2, 0) is 12.3 Å². The van der Waals surface area contributed by atoms with E-state index >= 15 is 0 Å². The molecule has 0 unspecified atom stereocenters. The fourth-order valence-corrected chi connectivity index (χ4v) is 5.04. The van der Waals surface area contributed by atoms with Crippen molar-refractivity contribution in [3.8, 4) is 0 Å². The van der Waals surface area contributed by atoms with Crippen molar-refractivity contribution in [2.24, 2.45) is 5.92 Å². The molecule has 4 aromatic rings. The second-order valence-corrected chi connectivity index (χ2v) is 8.82. The molecule has 0 aliphatic carbocycles. The van der Waals surface area contributed by atoms with E-state index in [-0.39, 0.29) is 17.3 Å². The zero-order valence-electron chi connectivity index (χ0n) is 14.6. The number of nitrogens with zero attached hydrogens (tertiary/aromatic N) is 4. The molecule has 9 heteroatoms. The number of thiophene rings is 1. The first kappa shape index (κ1) is 18.5. The van der Waals surface area contributed by atoms with Crippen molar-refractivity contribution in [2.45, 2.75) is 31.3 Å². The third-order valence-corrected chi connectivity index (χ3v) is 6.34. The predicted molar refractivity (Wildman–Crippen MR) is 108 cm³/mol. The van der Waals surface area contributed by atoms with Crippen LogP contribution in [0.2, 0.25) is 5.02 Å². The van der Waals surface area contributed by atoms with E-state index < -0.39 is 0 Å². The quantitative estimate of drug-likeness (QED) is 0.431. The summed E-state index contributed by atoms with van der Waals surface area (Å²) in [5, 5.41) is 11.4. The van der Waals surface area contributed by atoms with Gasteiger partial charge in [-0.05, 0) is 29.5 Å². The third-order valence-electron chi connectivity index (χ3n) is 4.14. The standard InChI is InChI=1S/C18H16ClFN4OS2/c1-10(2)8-23-16(25)15-14(6-7-26-15)24-17(23)21-22-18(24)27-9-11-12(19)4-3-5-13(11)20/h3-7,10H,8-9H2,1-2H3. The number of benzene rings is 1. The predicted octanol–water partition coefficient (Wildman–Crippen LogP) is 4.85. The summed E-state index contributed by atoms with van der Waals surface area (Å²) in [6.07, 6.45) is 0. The number of hydrogen-bond acceptors (Lipinski definition) is 5. The molecular weight excluding hydrogens is 407 g/mol. The Morgan fingerprint density at radius 1 is 1.30 bits per heavy atom. The van der Waals surface area contributed by atoms with Gasteiger partial charge in [0.1, 0.15) is 10.5 Å². The molecule has 0 saturated heterocycles. The van der Waals surface area contributed by atoms with Crippen LogP contribution in [0.15, 0.2) is 39.6 Å². The summed E-state index contributed by atoms with van der Waals surface area (Å²) in [5.74, 6) is 0.762. The van der Waals surface area contributed by atoms with Gasteiger partial charge in [-0.1, -0.05) is 43.3 Å². The minimum atomic E-state index is -0.346. The van der Waals surface area contributed by atoms with Gasteiger partial charge in [0.05, 0.1) is 5.52 Å². The number of rotatable bonds is 5. The Balaban J connectivity index is 1.83. The summed E-state index contributed by atoms with van der Waals surface area (Å²) in [6, 6.07) is 6.52. The fourth-order valence-electron chi connectivity index (χ4n) is 2.93. The van der Waals surface area contributed by atoms with Crippen LogP contribution in [0.3, 0.4) is 0 Å². The highest BCUT2D eigenvalue weighted by molar-refractivity contribution is 7.98. The molecule has 0 radical (unpaired) electrons. The molecular formula is C18H16ClFN4OS2. The van der Waals surface area contributed by atoms with Crippen molar-refractivity contribution in [3.63, 3.8) is 0 Å². The molecule has 4 rings (SSSR count). The highest BCUT2D eigenvalue weighted by Crippen LogP contribution is 2.30. The molecule has 27 heavy (non-hydrogen) atoms. The lowest BCUT2D eigenvalue weighted by molar-refractivity contribution is 0.517. The molecule has 0 bridgehead atoms. The van der Waals surface area contributed by atoms with Gasteiger partial charge in [0, 0.05) is 22.9 Å². The van der Waals surface area contributed by atoms with Gasteiger partial charge in [-0.2, -0.15) is 0 Å². The number of fused-ring (bicyclic) bond motifs is 3. The Labute approximate surface area is 167 Å². The first-order valence-corrected chi connectivity index (χ1v) is 10.6. The first-order valence-electron chi connectivity index (χ1n) is 8.38. The van der Waals surface area contributed by atoms with Crippen LogP contribution in [0.5, 0.6) is 0 Å². The van der Waals surface area contributed by atoms with E-state index in [0.29, 0.717) is 38.5 Å². The van der Waals surface area contributed by atoms with Crippen LogP contribution >= 0.6 is 34.7 Å². The average Bonchev–Trinajstić information content (AvgIpc) is 3.24. The molecule has 3 aromatic heterocycles. The van der Waals surface area contributed by atoms with Gasteiger partial charge in [0.2, 0.25) is 5.78 Å². The summed E-state index contributed by atoms with van der Waals surface area (Å²) in [7, 11) is 0. The molecule has 0 aliphatic heterocycles. The van der Waals surface area contributed by atoms with E-state index in [4.69, 9.17) is 11.6 Å². The normalized spacial score (nSPS) is 11.9. The molecule has 0 amide bonds. The second-order valence-electron chi connectivity index (χ2n) is 6.55. The molecule has 5 nitrogen and oxygen atoms in total. The monoisotopic (exact) mass is 422 g/mol. The van der Waals surface area contributed by atoms with Crippen LogP contribution < -0.4 is 5.56 Å². The fraction of sp³-hybridized carbons (Fsp3) is 0.278. The zero-order chi connectivity index (χ0) is 19.1. The maximum atomic E-state index is 14.1. The number of thioether (sulfide) groups is 1. The van der Waals surface area contributed by atoms with Crippen LogP contribution in [-0.4, -0.2) is 19.2 Å². The van der Waals surface area contributed by atoms with Crippen molar-refractivity contribution < 1.29 is 4.39 Å². The summed E-state index contributed by atoms with van der Waals surface area (Å²) in [6.45, 7) is 4.65. The molecule has 0 spiro atoms. The summed E-state index contributed by atoms with van der Waals surface area (Å²) in [4.78, 5) is 12.8. The molecule has 0 saturated carbocycles. The molecule has 0 fully saturated rings. The zero-order valence-corrected chi connectivity index (χ0v) is 17.0. The Morgan fingerprint density at radius 3 is 2.85 bits per heavy atom. The van der Waals surface area contributed by atoms with Crippen LogP contribution in [0.4, 0.5) is 4.39 Å². The summed E-state index contributed by atoms with van der Waals surface area (Å²) < 4.78 is 18.3. The maximum Gasteiger partial charge on any atom is 0.272 e. The molecule has 140 valence electrons. The Bertz CT molecular complexity index is 1180. The van der Waals surface area contributed by atoms with Crippen molar-refractivity contribution in [2.75, 3.05) is 0 Å². The highest BCUT2D eigenvalue weighted by atomic mass is 35.5. The average molecular weight is 423 g/mol. The lowest BCUT2D eigenvalue weighted by Gasteiger charge is -2.11. The topological polar surface area (TPSA) is 52.2 Å². The number of aromatic nitrogens is 4. The second kappa shape index (κ2) is 7.26. The van der Waals surface area contributed by atoms with E-state index in [9.17, 15) is 9.18 Å². The summed E-state index contributed by atoms with van der Waals surface area (Å²) in [5.41, 5.74) is 1.15. The van der Waals surface area contributed by atoms with Gasteiger partial charge in [-0.15, -0.1) is 21.5 Å². The maximum absolute atomic E-state index is 14.1. The van der Waals surface area contributed by atoms with E-state index in [1.165, 1.54) is 29.2 Å². The Morgan fingerprint density at radius 2 is 2.11 bits per heavy atom. The summed E-state index contributed by atoms with van der Waals surface area (Å²) >= 11 is 8.87. The van der Waals surface area contributed by atoms with Crippen LogP contribution in [0, 0.1) is 11.7 Å². The van der Waals surface area contributed by atoms with Crippen molar-refractivity contribution >= 4 is 50.7 Å². The van der Waals surface area contributed by atoms with Crippen LogP contribution in [0.1, 0.15) is 19.4 Å². The lowest BCUT2D eigenvalue weighted by Crippen LogP contribution is -2.24. The lowest BCUT2D eigenvalue weighted by atomic mass is 10.2. The molecule has 0 N–H and O–H groups in total. The van der Waals surface area contributed by atoms with Crippen molar-refractivity contribution in [3.05, 3.63) is 56.4 Å². The molecule has 3 heterocycles. The van der Waals surface area contributed by atoms with Crippen LogP contribution in [0.25, 0.3) is 16.0 Å². The third kappa shape index (κ3) is 3.26. The minimum absolute atomic E-state index is 0.0534. The molecule has 1 aromatic carbocycles. The van der Waals surface area contributed by atoms with Gasteiger partial charge in [-0.25, -0.2) is 4.39 Å². The van der Waals surface area contributed by atoms with Gasteiger partial charge >= 0.3 is 0 Å². The Hall–Kier alpha value is -1.90. The largest absolute Gasteiger partial charge is 0.275 e. The molecule has 0 atom stereocenters. The van der Waals surface area contributed by atoms with E-state index in [1.807, 2.05) is 29.7 Å². The SMILES string of the molecule is CC(C)Cn1c(=O)c2sccc2n2c(SCc3c(F)cccc3Cl)nnc12. The van der Waals surface area contributed by atoms with Gasteiger partial charge in [0.15, 0.2) is 5.16 Å². The first-order chi connectivity index (χ1) is 13.0. The van der Waals surface area contributed by atoms with E-state index in [1.54, 1.807) is 16.7 Å². The van der Waals surface area contributed by atoms with Crippen molar-refractivity contribution in [1.29, 1.82) is 0 Å².